The Morgan fingerprint density at radius 1 is 1.11 bits per heavy atom. The predicted octanol–water partition coefficient (Wildman–Crippen LogP) is 1.85. The molecule has 3 aromatic heterocycles. The fourth-order valence-corrected chi connectivity index (χ4v) is 3.08. The number of anilines is 1. The third-order valence-corrected chi connectivity index (χ3v) is 4.45. The molecule has 1 aliphatic heterocycles. The number of piperazine rings is 1. The molecule has 9 heteroatoms. The Hall–Kier alpha value is -3.23. The molecule has 0 saturated carbocycles. The minimum absolute atomic E-state index is 0.109. The van der Waals surface area contributed by atoms with Crippen molar-refractivity contribution >= 4 is 17.6 Å². The van der Waals surface area contributed by atoms with E-state index in [0.29, 0.717) is 26.2 Å². The topological polar surface area (TPSA) is 88.8 Å². The van der Waals surface area contributed by atoms with Crippen LogP contribution in [0.5, 0.6) is 0 Å². The molecule has 0 spiro atoms. The lowest BCUT2D eigenvalue weighted by Crippen LogP contribution is -2.49. The molecular formula is C18H21N7O2. The van der Waals surface area contributed by atoms with E-state index in [0.717, 1.165) is 22.6 Å². The molecule has 1 aliphatic rings. The van der Waals surface area contributed by atoms with Gasteiger partial charge < -0.3 is 14.5 Å². The molecule has 1 fully saturated rings. The fraction of sp³-hybridized carbons (Fsp3) is 0.389. The summed E-state index contributed by atoms with van der Waals surface area (Å²) in [5.74, 6) is 0.864. The number of hydrogen-bond donors (Lipinski definition) is 0. The molecule has 0 N–H and O–H groups in total. The van der Waals surface area contributed by atoms with Gasteiger partial charge in [-0.2, -0.15) is 15.3 Å². The van der Waals surface area contributed by atoms with Gasteiger partial charge in [-0.25, -0.2) is 14.3 Å². The zero-order valence-electron chi connectivity index (χ0n) is 15.3. The summed E-state index contributed by atoms with van der Waals surface area (Å²) in [7, 11) is 0. The highest BCUT2D eigenvalue weighted by molar-refractivity contribution is 5.77. The Bertz CT molecular complexity index is 933. The van der Waals surface area contributed by atoms with E-state index in [2.05, 4.69) is 20.2 Å². The minimum Gasteiger partial charge on any atom is -0.447 e. The second-order valence-corrected chi connectivity index (χ2v) is 6.65. The molecule has 1 amide bonds. The standard InChI is InChI=1S/C18H21N7O2/c1-13(2)27-18(26)24-9-7-23(8-10-24)16-4-6-25-17(22-16)15(12-21-25)14-3-5-19-20-11-14/h3-6,11-13H,7-10H2,1-2H3. The molecule has 0 radical (unpaired) electrons. The highest BCUT2D eigenvalue weighted by atomic mass is 16.6. The zero-order chi connectivity index (χ0) is 18.8. The van der Waals surface area contributed by atoms with Crippen LogP contribution in [0.4, 0.5) is 10.6 Å². The van der Waals surface area contributed by atoms with Crippen molar-refractivity contribution in [2.75, 3.05) is 31.1 Å². The summed E-state index contributed by atoms with van der Waals surface area (Å²) < 4.78 is 7.02. The zero-order valence-corrected chi connectivity index (χ0v) is 15.3. The molecule has 0 aliphatic carbocycles. The Balaban J connectivity index is 1.53. The largest absolute Gasteiger partial charge is 0.447 e. The monoisotopic (exact) mass is 367 g/mol. The number of fused-ring (bicyclic) bond motifs is 1. The molecule has 0 unspecified atom stereocenters. The third-order valence-electron chi connectivity index (χ3n) is 4.45. The van der Waals surface area contributed by atoms with E-state index >= 15 is 0 Å². The Morgan fingerprint density at radius 3 is 2.63 bits per heavy atom. The summed E-state index contributed by atoms with van der Waals surface area (Å²) in [6.07, 6.45) is 6.67. The van der Waals surface area contributed by atoms with Gasteiger partial charge in [0.25, 0.3) is 0 Å². The van der Waals surface area contributed by atoms with Crippen LogP contribution in [0.2, 0.25) is 0 Å². The van der Waals surface area contributed by atoms with Crippen molar-refractivity contribution in [2.24, 2.45) is 0 Å². The average Bonchev–Trinajstić information content (AvgIpc) is 3.11. The summed E-state index contributed by atoms with van der Waals surface area (Å²) in [4.78, 5) is 20.7. The SMILES string of the molecule is CC(C)OC(=O)N1CCN(c2ccn3ncc(-c4ccnnc4)c3n2)CC1. The second-order valence-electron chi connectivity index (χ2n) is 6.65. The van der Waals surface area contributed by atoms with E-state index in [1.54, 1.807) is 28.0 Å². The third kappa shape index (κ3) is 3.53. The maximum atomic E-state index is 12.0. The molecule has 4 heterocycles. The average molecular weight is 367 g/mol. The van der Waals surface area contributed by atoms with Gasteiger partial charge in [-0.05, 0) is 26.0 Å². The number of hydrogen-bond acceptors (Lipinski definition) is 7. The van der Waals surface area contributed by atoms with Crippen LogP contribution in [0, 0.1) is 0 Å². The molecule has 0 bridgehead atoms. The highest BCUT2D eigenvalue weighted by Crippen LogP contribution is 2.24. The van der Waals surface area contributed by atoms with Crippen molar-refractivity contribution in [3.63, 3.8) is 0 Å². The van der Waals surface area contributed by atoms with Gasteiger partial charge in [-0.3, -0.25) is 0 Å². The van der Waals surface area contributed by atoms with Gasteiger partial charge in [0, 0.05) is 43.5 Å². The van der Waals surface area contributed by atoms with Crippen LogP contribution in [-0.2, 0) is 4.74 Å². The number of amides is 1. The predicted molar refractivity (Wildman–Crippen MR) is 99.4 cm³/mol. The normalized spacial score (nSPS) is 14.8. The van der Waals surface area contributed by atoms with Gasteiger partial charge in [0.1, 0.15) is 5.82 Å². The van der Waals surface area contributed by atoms with E-state index in [1.165, 1.54) is 0 Å². The Kier molecular flexibility index (Phi) is 4.57. The number of rotatable bonds is 3. The molecule has 9 nitrogen and oxygen atoms in total. The summed E-state index contributed by atoms with van der Waals surface area (Å²) in [5.41, 5.74) is 2.60. The van der Waals surface area contributed by atoms with Gasteiger partial charge in [0.05, 0.1) is 24.7 Å². The molecule has 3 aromatic rings. The Labute approximate surface area is 156 Å². The van der Waals surface area contributed by atoms with Gasteiger partial charge in [0.15, 0.2) is 5.65 Å². The Morgan fingerprint density at radius 2 is 1.93 bits per heavy atom. The molecule has 140 valence electrons. The summed E-state index contributed by atoms with van der Waals surface area (Å²) in [6.45, 7) is 6.34. The van der Waals surface area contributed by atoms with Gasteiger partial charge >= 0.3 is 6.09 Å². The van der Waals surface area contributed by atoms with Gasteiger partial charge in [0.2, 0.25) is 0 Å². The van der Waals surface area contributed by atoms with Crippen LogP contribution in [0.3, 0.4) is 0 Å². The summed E-state index contributed by atoms with van der Waals surface area (Å²) >= 11 is 0. The maximum Gasteiger partial charge on any atom is 0.410 e. The van der Waals surface area contributed by atoms with Gasteiger partial charge in [-0.1, -0.05) is 0 Å². The van der Waals surface area contributed by atoms with Crippen LogP contribution in [0.1, 0.15) is 13.8 Å². The quantitative estimate of drug-likeness (QED) is 0.698. The first kappa shape index (κ1) is 17.2. The van der Waals surface area contributed by atoms with Gasteiger partial charge in [-0.15, -0.1) is 0 Å². The van der Waals surface area contributed by atoms with Crippen LogP contribution in [0.25, 0.3) is 16.8 Å². The van der Waals surface area contributed by atoms with E-state index < -0.39 is 0 Å². The lowest BCUT2D eigenvalue weighted by molar-refractivity contribution is 0.0751. The summed E-state index contributed by atoms with van der Waals surface area (Å²) in [6, 6.07) is 3.83. The van der Waals surface area contributed by atoms with Crippen molar-refractivity contribution < 1.29 is 9.53 Å². The fourth-order valence-electron chi connectivity index (χ4n) is 3.08. The molecule has 0 aromatic carbocycles. The smallest absolute Gasteiger partial charge is 0.410 e. The van der Waals surface area contributed by atoms with Crippen LogP contribution < -0.4 is 4.90 Å². The van der Waals surface area contributed by atoms with Crippen molar-refractivity contribution in [2.45, 2.75) is 20.0 Å². The number of ether oxygens (including phenoxy) is 1. The van der Waals surface area contributed by atoms with Crippen molar-refractivity contribution in [1.29, 1.82) is 0 Å². The van der Waals surface area contributed by atoms with Crippen LogP contribution >= 0.6 is 0 Å². The van der Waals surface area contributed by atoms with Crippen molar-refractivity contribution in [3.8, 4) is 11.1 Å². The van der Waals surface area contributed by atoms with E-state index in [4.69, 9.17) is 9.72 Å². The highest BCUT2D eigenvalue weighted by Gasteiger charge is 2.24. The molecular weight excluding hydrogens is 346 g/mol. The lowest BCUT2D eigenvalue weighted by Gasteiger charge is -2.35. The number of nitrogens with zero attached hydrogens (tertiary/aromatic N) is 7. The molecule has 0 atom stereocenters. The second kappa shape index (κ2) is 7.18. The van der Waals surface area contributed by atoms with E-state index in [1.807, 2.05) is 32.2 Å². The maximum absolute atomic E-state index is 12.0. The van der Waals surface area contributed by atoms with Crippen molar-refractivity contribution in [3.05, 3.63) is 36.9 Å². The molecule has 4 rings (SSSR count). The van der Waals surface area contributed by atoms with Crippen LogP contribution in [0.15, 0.2) is 36.9 Å². The first-order chi connectivity index (χ1) is 13.1. The number of aromatic nitrogens is 5. The summed E-state index contributed by atoms with van der Waals surface area (Å²) in [5, 5.41) is 12.1. The molecule has 1 saturated heterocycles. The number of carbonyl (C=O) groups excluding carboxylic acids is 1. The first-order valence-electron chi connectivity index (χ1n) is 8.94. The van der Waals surface area contributed by atoms with Crippen LogP contribution in [-0.4, -0.2) is 68.1 Å². The first-order valence-corrected chi connectivity index (χ1v) is 8.94. The van der Waals surface area contributed by atoms with Crippen molar-refractivity contribution in [1.82, 2.24) is 29.7 Å². The minimum atomic E-state index is -0.253. The van der Waals surface area contributed by atoms with E-state index in [-0.39, 0.29) is 12.2 Å². The number of carbonyl (C=O) groups is 1. The molecule has 27 heavy (non-hydrogen) atoms. The lowest BCUT2D eigenvalue weighted by atomic mass is 10.2. The van der Waals surface area contributed by atoms with E-state index in [9.17, 15) is 4.79 Å².